The van der Waals surface area contributed by atoms with E-state index in [2.05, 4.69) is 33.2 Å². The fourth-order valence-corrected chi connectivity index (χ4v) is 2.25. The summed E-state index contributed by atoms with van der Waals surface area (Å²) in [5.41, 5.74) is 6.56. The van der Waals surface area contributed by atoms with Gasteiger partial charge < -0.3 is 15.8 Å². The van der Waals surface area contributed by atoms with Crippen LogP contribution in [0, 0.1) is 0 Å². The van der Waals surface area contributed by atoms with Crippen LogP contribution in [-0.4, -0.2) is 23.7 Å². The summed E-state index contributed by atoms with van der Waals surface area (Å²) in [5, 5.41) is 3.37. The second kappa shape index (κ2) is 5.01. The van der Waals surface area contributed by atoms with Crippen molar-refractivity contribution in [3.05, 3.63) is 16.7 Å². The number of ether oxygens (including phenoxy) is 1. The molecule has 0 saturated carbocycles. The molecule has 5 heteroatoms. The molecule has 1 aliphatic rings. The Kier molecular flexibility index (Phi) is 3.66. The molecule has 2 atom stereocenters. The molecular weight excluding hydrogens is 270 g/mol. The number of rotatable bonds is 2. The molecule has 2 heterocycles. The molecule has 4 nitrogen and oxygen atoms in total. The van der Waals surface area contributed by atoms with Crippen LogP contribution in [0.3, 0.4) is 0 Å². The third-order valence-corrected chi connectivity index (χ3v) is 3.14. The van der Waals surface area contributed by atoms with Crippen molar-refractivity contribution < 1.29 is 4.74 Å². The van der Waals surface area contributed by atoms with E-state index in [1.54, 1.807) is 6.20 Å². The number of pyridine rings is 1. The Hall–Kier alpha value is -0.810. The van der Waals surface area contributed by atoms with Crippen molar-refractivity contribution in [1.29, 1.82) is 0 Å². The predicted octanol–water partition coefficient (Wildman–Crippen LogP) is 2.41. The average Bonchev–Trinajstić information content (AvgIpc) is 2.22. The van der Waals surface area contributed by atoms with E-state index >= 15 is 0 Å². The summed E-state index contributed by atoms with van der Waals surface area (Å²) >= 11 is 3.34. The summed E-state index contributed by atoms with van der Waals surface area (Å²) in [4.78, 5) is 4.27. The molecule has 0 radical (unpaired) electrons. The summed E-state index contributed by atoms with van der Waals surface area (Å²) in [5.74, 6) is 0.766. The third kappa shape index (κ3) is 2.86. The van der Waals surface area contributed by atoms with Crippen LogP contribution in [-0.2, 0) is 4.74 Å². The lowest BCUT2D eigenvalue weighted by Crippen LogP contribution is -2.33. The molecule has 2 rings (SSSR count). The molecule has 0 amide bonds. The minimum Gasteiger partial charge on any atom is -0.396 e. The SMILES string of the molecule is CC1CC(Nc2ncc(Br)cc2N)CCO1. The maximum absolute atomic E-state index is 5.89. The van der Waals surface area contributed by atoms with E-state index < -0.39 is 0 Å². The average molecular weight is 286 g/mol. The van der Waals surface area contributed by atoms with Crippen LogP contribution in [0.5, 0.6) is 0 Å². The van der Waals surface area contributed by atoms with E-state index in [0.717, 1.165) is 29.7 Å². The lowest BCUT2D eigenvalue weighted by molar-refractivity contribution is 0.0232. The lowest BCUT2D eigenvalue weighted by atomic mass is 10.0. The zero-order valence-corrected chi connectivity index (χ0v) is 10.8. The van der Waals surface area contributed by atoms with Crippen molar-refractivity contribution in [2.45, 2.75) is 31.9 Å². The number of anilines is 2. The Bertz CT molecular complexity index is 372. The normalized spacial score (nSPS) is 25.4. The van der Waals surface area contributed by atoms with Crippen molar-refractivity contribution in [2.24, 2.45) is 0 Å². The minimum absolute atomic E-state index is 0.308. The maximum atomic E-state index is 5.89. The Balaban J connectivity index is 2.02. The van der Waals surface area contributed by atoms with Gasteiger partial charge in [-0.2, -0.15) is 0 Å². The minimum atomic E-state index is 0.308. The number of hydrogen-bond acceptors (Lipinski definition) is 4. The summed E-state index contributed by atoms with van der Waals surface area (Å²) in [7, 11) is 0. The number of halogens is 1. The van der Waals surface area contributed by atoms with E-state index in [1.165, 1.54) is 0 Å². The van der Waals surface area contributed by atoms with Crippen molar-refractivity contribution >= 4 is 27.4 Å². The smallest absolute Gasteiger partial charge is 0.149 e. The van der Waals surface area contributed by atoms with Gasteiger partial charge in [0.2, 0.25) is 0 Å². The molecule has 2 unspecified atom stereocenters. The van der Waals surface area contributed by atoms with Gasteiger partial charge in [-0.3, -0.25) is 0 Å². The van der Waals surface area contributed by atoms with Crippen LogP contribution < -0.4 is 11.1 Å². The Morgan fingerprint density at radius 2 is 2.44 bits per heavy atom. The third-order valence-electron chi connectivity index (χ3n) is 2.71. The first-order chi connectivity index (χ1) is 7.65. The van der Waals surface area contributed by atoms with Gasteiger partial charge in [-0.15, -0.1) is 0 Å². The van der Waals surface area contributed by atoms with Crippen LogP contribution in [0.25, 0.3) is 0 Å². The lowest BCUT2D eigenvalue weighted by Gasteiger charge is -2.28. The summed E-state index contributed by atoms with van der Waals surface area (Å²) in [6.07, 6.45) is 4.06. The number of nitrogens with zero attached hydrogens (tertiary/aromatic N) is 1. The summed E-state index contributed by atoms with van der Waals surface area (Å²) in [6, 6.07) is 2.26. The molecule has 16 heavy (non-hydrogen) atoms. The first-order valence-electron chi connectivity index (χ1n) is 5.44. The van der Waals surface area contributed by atoms with Gasteiger partial charge in [0.25, 0.3) is 0 Å². The van der Waals surface area contributed by atoms with Crippen LogP contribution in [0.1, 0.15) is 19.8 Å². The first kappa shape index (κ1) is 11.7. The van der Waals surface area contributed by atoms with Gasteiger partial charge in [-0.1, -0.05) is 0 Å². The number of aromatic nitrogens is 1. The fraction of sp³-hybridized carbons (Fsp3) is 0.545. The Morgan fingerprint density at radius 3 is 3.12 bits per heavy atom. The fourth-order valence-electron chi connectivity index (χ4n) is 1.90. The van der Waals surface area contributed by atoms with Crippen molar-refractivity contribution in [2.75, 3.05) is 17.7 Å². The van der Waals surface area contributed by atoms with Crippen LogP contribution in [0.4, 0.5) is 11.5 Å². The molecule has 88 valence electrons. The molecule has 0 aliphatic carbocycles. The molecule has 0 bridgehead atoms. The molecule has 1 aromatic heterocycles. The molecule has 1 aliphatic heterocycles. The first-order valence-corrected chi connectivity index (χ1v) is 6.23. The van der Waals surface area contributed by atoms with Gasteiger partial charge in [-0.25, -0.2) is 4.98 Å². The Morgan fingerprint density at radius 1 is 1.62 bits per heavy atom. The molecule has 0 aromatic carbocycles. The van der Waals surface area contributed by atoms with Gasteiger partial charge in [-0.05, 0) is 41.8 Å². The van der Waals surface area contributed by atoms with E-state index in [4.69, 9.17) is 10.5 Å². The summed E-state index contributed by atoms with van der Waals surface area (Å²) in [6.45, 7) is 2.89. The van der Waals surface area contributed by atoms with Crippen LogP contribution >= 0.6 is 15.9 Å². The molecular formula is C11H16BrN3O. The highest BCUT2D eigenvalue weighted by molar-refractivity contribution is 9.10. The second-order valence-corrected chi connectivity index (χ2v) is 5.05. The standard InChI is InChI=1S/C11H16BrN3O/c1-7-4-9(2-3-16-7)15-11-10(13)5-8(12)6-14-11/h5-7,9H,2-4,13H2,1H3,(H,14,15). The molecule has 0 spiro atoms. The second-order valence-electron chi connectivity index (χ2n) is 4.14. The number of nitrogens with one attached hydrogen (secondary N) is 1. The summed E-state index contributed by atoms with van der Waals surface area (Å²) < 4.78 is 6.39. The highest BCUT2D eigenvalue weighted by Gasteiger charge is 2.19. The number of nitrogens with two attached hydrogens (primary N) is 1. The zero-order chi connectivity index (χ0) is 11.5. The van der Waals surface area contributed by atoms with Crippen LogP contribution in [0.2, 0.25) is 0 Å². The largest absolute Gasteiger partial charge is 0.396 e. The Labute approximate surface area is 104 Å². The van der Waals surface area contributed by atoms with Gasteiger partial charge in [0.05, 0.1) is 11.8 Å². The molecule has 3 N–H and O–H groups in total. The predicted molar refractivity (Wildman–Crippen MR) is 68.4 cm³/mol. The monoisotopic (exact) mass is 285 g/mol. The highest BCUT2D eigenvalue weighted by Crippen LogP contribution is 2.23. The van der Waals surface area contributed by atoms with Gasteiger partial charge in [0.1, 0.15) is 5.82 Å². The van der Waals surface area contributed by atoms with Crippen molar-refractivity contribution in [1.82, 2.24) is 4.98 Å². The van der Waals surface area contributed by atoms with Gasteiger partial charge >= 0.3 is 0 Å². The highest BCUT2D eigenvalue weighted by atomic mass is 79.9. The van der Waals surface area contributed by atoms with Gasteiger partial charge in [0.15, 0.2) is 0 Å². The quantitative estimate of drug-likeness (QED) is 0.876. The van der Waals surface area contributed by atoms with Crippen molar-refractivity contribution in [3.8, 4) is 0 Å². The van der Waals surface area contributed by atoms with E-state index in [9.17, 15) is 0 Å². The topological polar surface area (TPSA) is 60.2 Å². The van der Waals surface area contributed by atoms with E-state index in [1.807, 2.05) is 6.07 Å². The van der Waals surface area contributed by atoms with Crippen LogP contribution in [0.15, 0.2) is 16.7 Å². The molecule has 1 saturated heterocycles. The maximum Gasteiger partial charge on any atom is 0.149 e. The van der Waals surface area contributed by atoms with Crippen molar-refractivity contribution in [3.63, 3.8) is 0 Å². The van der Waals surface area contributed by atoms with E-state index in [0.29, 0.717) is 17.8 Å². The number of hydrogen-bond donors (Lipinski definition) is 2. The zero-order valence-electron chi connectivity index (χ0n) is 9.24. The van der Waals surface area contributed by atoms with E-state index in [-0.39, 0.29) is 0 Å². The molecule has 1 fully saturated rings. The number of nitrogen functional groups attached to an aromatic ring is 1. The molecule has 1 aromatic rings. The van der Waals surface area contributed by atoms with Gasteiger partial charge in [0, 0.05) is 23.3 Å².